The van der Waals surface area contributed by atoms with E-state index in [1.165, 1.54) is 12.5 Å². The van der Waals surface area contributed by atoms with Crippen LogP contribution in [-0.4, -0.2) is 86.5 Å². The first-order valence-electron chi connectivity index (χ1n) is 12.5. The van der Waals surface area contributed by atoms with Crippen LogP contribution in [0.15, 0.2) is 17.5 Å². The predicted octanol–water partition coefficient (Wildman–Crippen LogP) is -2.22. The molecule has 0 aliphatic rings. The molecule has 0 fully saturated rings. The number of carboxylic acid groups (broad SMARTS) is 2. The number of nitrogens with two attached hydrogens (primary N) is 3. The number of nitrogens with one attached hydrogen (secondary N) is 4. The first-order valence-corrected chi connectivity index (χ1v) is 12.5. The van der Waals surface area contributed by atoms with Crippen LogP contribution in [0.4, 0.5) is 0 Å². The third kappa shape index (κ3) is 12.3. The van der Waals surface area contributed by atoms with Gasteiger partial charge in [-0.3, -0.25) is 24.2 Å². The Labute approximate surface area is 225 Å². The lowest BCUT2D eigenvalue weighted by molar-refractivity contribution is -0.142. The van der Waals surface area contributed by atoms with Crippen molar-refractivity contribution in [3.8, 4) is 0 Å². The van der Waals surface area contributed by atoms with Gasteiger partial charge in [0, 0.05) is 31.3 Å². The molecule has 16 heteroatoms. The van der Waals surface area contributed by atoms with Crippen LogP contribution in [-0.2, 0) is 30.4 Å². The molecule has 5 atom stereocenters. The number of imidazole rings is 1. The van der Waals surface area contributed by atoms with Crippen LogP contribution in [0.1, 0.15) is 51.6 Å². The third-order valence-corrected chi connectivity index (χ3v) is 6.01. The topological polar surface area (TPSA) is 281 Å². The summed E-state index contributed by atoms with van der Waals surface area (Å²) in [6.07, 6.45) is 2.82. The van der Waals surface area contributed by atoms with E-state index in [1.807, 2.05) is 6.92 Å². The molecule has 1 heterocycles. The zero-order valence-corrected chi connectivity index (χ0v) is 22.1. The average molecular weight is 554 g/mol. The smallest absolute Gasteiger partial charge is 0.326 e. The molecule has 0 aliphatic carbocycles. The molecule has 0 saturated heterocycles. The fraction of sp³-hybridized carbons (Fsp3) is 0.609. The highest BCUT2D eigenvalue weighted by molar-refractivity contribution is 5.94. The predicted molar refractivity (Wildman–Crippen MR) is 140 cm³/mol. The summed E-state index contributed by atoms with van der Waals surface area (Å²) in [5.74, 6) is -5.15. The molecule has 1 aromatic heterocycles. The zero-order chi connectivity index (χ0) is 29.5. The number of aliphatic carboxylic acids is 2. The Morgan fingerprint density at radius 1 is 1.00 bits per heavy atom. The maximum atomic E-state index is 13.1. The van der Waals surface area contributed by atoms with Crippen LogP contribution in [0, 0.1) is 5.92 Å². The van der Waals surface area contributed by atoms with Crippen LogP contribution in [0.3, 0.4) is 0 Å². The number of hydrogen-bond acceptors (Lipinski definition) is 8. The minimum atomic E-state index is -1.34. The summed E-state index contributed by atoms with van der Waals surface area (Å²) in [5, 5.41) is 26.0. The largest absolute Gasteiger partial charge is 0.481 e. The number of amides is 3. The number of aliphatic imine (C=N–C) groups is 1. The Bertz CT molecular complexity index is 996. The van der Waals surface area contributed by atoms with E-state index in [0.717, 1.165) is 0 Å². The summed E-state index contributed by atoms with van der Waals surface area (Å²) in [7, 11) is 0. The molecule has 0 radical (unpaired) electrons. The van der Waals surface area contributed by atoms with Crippen LogP contribution >= 0.6 is 0 Å². The maximum absolute atomic E-state index is 13.1. The van der Waals surface area contributed by atoms with Gasteiger partial charge < -0.3 is 48.3 Å². The summed E-state index contributed by atoms with van der Waals surface area (Å²) < 4.78 is 0. The fourth-order valence-electron chi connectivity index (χ4n) is 3.45. The quantitative estimate of drug-likeness (QED) is 0.0533. The number of carboxylic acids is 2. The highest BCUT2D eigenvalue weighted by atomic mass is 16.4. The highest BCUT2D eigenvalue weighted by Crippen LogP contribution is 2.08. The number of carbonyl (C=O) groups is 5. The lowest BCUT2D eigenvalue weighted by Crippen LogP contribution is -2.57. The van der Waals surface area contributed by atoms with E-state index < -0.39 is 60.2 Å². The van der Waals surface area contributed by atoms with E-state index >= 15 is 0 Å². The number of guanidine groups is 1. The molecule has 12 N–H and O–H groups in total. The number of nitrogens with zero attached hydrogens (tertiary/aromatic N) is 2. The molecule has 0 bridgehead atoms. The minimum Gasteiger partial charge on any atom is -0.481 e. The summed E-state index contributed by atoms with van der Waals surface area (Å²) in [6, 6.07) is -4.83. The maximum Gasteiger partial charge on any atom is 0.326 e. The van der Waals surface area contributed by atoms with Gasteiger partial charge in [0.05, 0.1) is 12.4 Å². The van der Waals surface area contributed by atoms with Crippen molar-refractivity contribution < 1.29 is 34.2 Å². The second-order valence-corrected chi connectivity index (χ2v) is 9.10. The van der Waals surface area contributed by atoms with Gasteiger partial charge in [-0.25, -0.2) is 9.78 Å². The van der Waals surface area contributed by atoms with Crippen molar-refractivity contribution in [1.82, 2.24) is 25.9 Å². The number of hydrogen-bond donors (Lipinski definition) is 9. The summed E-state index contributed by atoms with van der Waals surface area (Å²) >= 11 is 0. The van der Waals surface area contributed by atoms with Gasteiger partial charge in [0.15, 0.2) is 5.96 Å². The second-order valence-electron chi connectivity index (χ2n) is 9.10. The molecular formula is C23H39N9O7. The van der Waals surface area contributed by atoms with Gasteiger partial charge >= 0.3 is 11.9 Å². The van der Waals surface area contributed by atoms with Gasteiger partial charge in [0.2, 0.25) is 17.7 Å². The van der Waals surface area contributed by atoms with Crippen molar-refractivity contribution in [2.75, 3.05) is 6.54 Å². The Morgan fingerprint density at radius 3 is 2.10 bits per heavy atom. The molecule has 5 unspecified atom stereocenters. The van der Waals surface area contributed by atoms with Crippen molar-refractivity contribution in [2.45, 2.75) is 76.5 Å². The van der Waals surface area contributed by atoms with Crippen molar-refractivity contribution in [3.63, 3.8) is 0 Å². The second kappa shape index (κ2) is 16.6. The number of H-pyrrole nitrogens is 1. The molecule has 0 aromatic carbocycles. The molecule has 39 heavy (non-hydrogen) atoms. The van der Waals surface area contributed by atoms with Gasteiger partial charge in [-0.1, -0.05) is 20.3 Å². The summed E-state index contributed by atoms with van der Waals surface area (Å²) in [6.45, 7) is 3.73. The minimum absolute atomic E-state index is 0.0106. The van der Waals surface area contributed by atoms with Crippen molar-refractivity contribution in [1.29, 1.82) is 0 Å². The first kappa shape index (κ1) is 32.8. The Balaban J connectivity index is 3.09. The molecular weight excluding hydrogens is 514 g/mol. The SMILES string of the molecule is CCC(C)C(N)C(=O)NC(CCC(=O)O)C(=O)NC(CCCN=C(N)N)C(=O)NC(Cc1cnc[nH]1)C(=O)O. The molecule has 1 aromatic rings. The molecule has 3 amide bonds. The Morgan fingerprint density at radius 2 is 1.59 bits per heavy atom. The van der Waals surface area contributed by atoms with Crippen LogP contribution in [0.25, 0.3) is 0 Å². The molecule has 0 saturated carbocycles. The lowest BCUT2D eigenvalue weighted by atomic mass is 9.98. The van der Waals surface area contributed by atoms with E-state index in [-0.39, 0.29) is 44.1 Å². The van der Waals surface area contributed by atoms with Crippen molar-refractivity contribution in [2.24, 2.45) is 28.1 Å². The third-order valence-electron chi connectivity index (χ3n) is 6.01. The van der Waals surface area contributed by atoms with Crippen molar-refractivity contribution >= 4 is 35.6 Å². The van der Waals surface area contributed by atoms with E-state index in [4.69, 9.17) is 22.3 Å². The van der Waals surface area contributed by atoms with Gasteiger partial charge in [0.1, 0.15) is 18.1 Å². The van der Waals surface area contributed by atoms with E-state index in [0.29, 0.717) is 12.1 Å². The molecule has 1 rings (SSSR count). The molecule has 218 valence electrons. The van der Waals surface area contributed by atoms with Crippen LogP contribution in [0.2, 0.25) is 0 Å². The van der Waals surface area contributed by atoms with E-state index in [1.54, 1.807) is 6.92 Å². The number of carbonyl (C=O) groups excluding carboxylic acids is 3. The first-order chi connectivity index (χ1) is 18.3. The van der Waals surface area contributed by atoms with Crippen molar-refractivity contribution in [3.05, 3.63) is 18.2 Å². The molecule has 0 aliphatic heterocycles. The lowest BCUT2D eigenvalue weighted by Gasteiger charge is -2.26. The van der Waals surface area contributed by atoms with E-state index in [9.17, 15) is 29.1 Å². The average Bonchev–Trinajstić information content (AvgIpc) is 3.39. The fourth-order valence-corrected chi connectivity index (χ4v) is 3.45. The molecule has 16 nitrogen and oxygen atoms in total. The molecule has 0 spiro atoms. The summed E-state index contributed by atoms with van der Waals surface area (Å²) in [5.41, 5.74) is 17.1. The zero-order valence-electron chi connectivity index (χ0n) is 22.1. The van der Waals surface area contributed by atoms with Gasteiger partial charge in [0.25, 0.3) is 0 Å². The number of aromatic amines is 1. The van der Waals surface area contributed by atoms with Gasteiger partial charge in [-0.2, -0.15) is 0 Å². The monoisotopic (exact) mass is 553 g/mol. The Hall–Kier alpha value is -4.21. The Kier molecular flexibility index (Phi) is 14.0. The number of rotatable bonds is 18. The van der Waals surface area contributed by atoms with E-state index in [2.05, 4.69) is 30.9 Å². The standard InChI is InChI=1S/C23H39N9O7/c1-3-12(2)18(24)21(37)31-15(6-7-17(33)34)20(36)30-14(5-4-8-28-23(25)26)19(35)32-16(22(38)39)9-13-10-27-11-29-13/h10-12,14-16,18H,3-9,24H2,1-2H3,(H,27,29)(H,30,36)(H,31,37)(H,32,35)(H,33,34)(H,38,39)(H4,25,26,28). The van der Waals surface area contributed by atoms with Crippen LogP contribution < -0.4 is 33.2 Å². The van der Waals surface area contributed by atoms with Gasteiger partial charge in [-0.05, 0) is 25.2 Å². The number of aromatic nitrogens is 2. The van der Waals surface area contributed by atoms with Crippen LogP contribution in [0.5, 0.6) is 0 Å². The normalized spacial score (nSPS) is 14.6. The summed E-state index contributed by atoms with van der Waals surface area (Å²) in [4.78, 5) is 72.2. The van der Waals surface area contributed by atoms with Gasteiger partial charge in [-0.15, -0.1) is 0 Å². The highest BCUT2D eigenvalue weighted by Gasteiger charge is 2.31.